The van der Waals surface area contributed by atoms with Crippen LogP contribution in [0.3, 0.4) is 0 Å². The minimum atomic E-state index is -0.758. The molecule has 5 heteroatoms. The number of pyridine rings is 1. The second-order valence-corrected chi connectivity index (χ2v) is 6.19. The first-order chi connectivity index (χ1) is 12.0. The van der Waals surface area contributed by atoms with Gasteiger partial charge in [-0.1, -0.05) is 30.4 Å². The minimum absolute atomic E-state index is 0.359. The lowest BCUT2D eigenvalue weighted by molar-refractivity contribution is -0.125. The number of primary amides is 2. The maximum Gasteiger partial charge on any atom is 0.248 e. The van der Waals surface area contributed by atoms with Gasteiger partial charge in [0.05, 0.1) is 5.41 Å². The average Bonchev–Trinajstić information content (AvgIpc) is 2.63. The number of carbonyl (C=O) groups excluding carboxylic acids is 2. The number of rotatable bonds is 5. The first kappa shape index (κ1) is 16.6. The standard InChI is InChI=1S/C20H19N3O2/c21-18(24)17-3-1-2-16(12-17)15-4-8-20(9-5-15,19(22)25)13-14-6-10-23-11-7-14/h1-8,10-12H,9,13H2,(H2,21,24)(H2,22,25). The van der Waals surface area contributed by atoms with Gasteiger partial charge in [0.25, 0.3) is 0 Å². The van der Waals surface area contributed by atoms with E-state index in [2.05, 4.69) is 4.98 Å². The smallest absolute Gasteiger partial charge is 0.248 e. The molecule has 1 heterocycles. The van der Waals surface area contributed by atoms with E-state index in [1.54, 1.807) is 30.6 Å². The normalized spacial score (nSPS) is 19.3. The zero-order valence-corrected chi connectivity index (χ0v) is 13.7. The number of carbonyl (C=O) groups is 2. The number of aromatic nitrogens is 1. The van der Waals surface area contributed by atoms with Crippen molar-refractivity contribution in [1.29, 1.82) is 0 Å². The first-order valence-corrected chi connectivity index (χ1v) is 7.99. The fraction of sp³-hybridized carbons (Fsp3) is 0.150. The topological polar surface area (TPSA) is 99.1 Å². The lowest BCUT2D eigenvalue weighted by atomic mass is 9.74. The summed E-state index contributed by atoms with van der Waals surface area (Å²) in [6, 6.07) is 10.9. The summed E-state index contributed by atoms with van der Waals surface area (Å²) >= 11 is 0. The Morgan fingerprint density at radius 1 is 1.12 bits per heavy atom. The van der Waals surface area contributed by atoms with Crippen LogP contribution in [-0.2, 0) is 11.2 Å². The van der Waals surface area contributed by atoms with E-state index in [1.165, 1.54) is 0 Å². The molecule has 0 radical (unpaired) electrons. The maximum absolute atomic E-state index is 12.1. The zero-order chi connectivity index (χ0) is 17.9. The third-order valence-electron chi connectivity index (χ3n) is 4.51. The van der Waals surface area contributed by atoms with E-state index < -0.39 is 11.3 Å². The van der Waals surface area contributed by atoms with Crippen LogP contribution in [0.1, 0.15) is 27.9 Å². The van der Waals surface area contributed by atoms with E-state index in [0.29, 0.717) is 18.4 Å². The van der Waals surface area contributed by atoms with Crippen molar-refractivity contribution in [3.05, 3.63) is 83.7 Å². The SMILES string of the molecule is NC(=O)c1cccc(C2=CCC(Cc3ccncc3)(C(N)=O)C=C2)c1. The number of nitrogens with two attached hydrogens (primary N) is 2. The number of nitrogens with zero attached hydrogens (tertiary/aromatic N) is 1. The zero-order valence-electron chi connectivity index (χ0n) is 13.7. The summed E-state index contributed by atoms with van der Waals surface area (Å²) in [4.78, 5) is 27.5. The molecule has 25 heavy (non-hydrogen) atoms. The van der Waals surface area contributed by atoms with Crippen molar-refractivity contribution in [2.75, 3.05) is 0 Å². The Balaban J connectivity index is 1.87. The number of hydrogen-bond acceptors (Lipinski definition) is 3. The van der Waals surface area contributed by atoms with Crippen LogP contribution in [0.15, 0.2) is 67.0 Å². The lowest BCUT2D eigenvalue weighted by Gasteiger charge is -2.29. The summed E-state index contributed by atoms with van der Waals surface area (Å²) in [5.74, 6) is -0.826. The lowest BCUT2D eigenvalue weighted by Crippen LogP contribution is -2.38. The molecule has 0 fully saturated rings. The molecule has 0 bridgehead atoms. The molecular formula is C20H19N3O2. The number of allylic oxidation sites excluding steroid dienone is 3. The quantitative estimate of drug-likeness (QED) is 0.877. The van der Waals surface area contributed by atoms with Gasteiger partial charge < -0.3 is 11.5 Å². The van der Waals surface area contributed by atoms with Crippen LogP contribution in [0.4, 0.5) is 0 Å². The van der Waals surface area contributed by atoms with E-state index in [1.807, 2.05) is 36.4 Å². The highest BCUT2D eigenvalue weighted by Crippen LogP contribution is 2.36. The van der Waals surface area contributed by atoms with Crippen molar-refractivity contribution in [2.45, 2.75) is 12.8 Å². The van der Waals surface area contributed by atoms with Crippen molar-refractivity contribution in [1.82, 2.24) is 4.98 Å². The van der Waals surface area contributed by atoms with Crippen LogP contribution in [0.5, 0.6) is 0 Å². The molecule has 2 amide bonds. The van der Waals surface area contributed by atoms with Crippen molar-refractivity contribution < 1.29 is 9.59 Å². The van der Waals surface area contributed by atoms with Gasteiger partial charge in [-0.05, 0) is 53.8 Å². The molecule has 0 aliphatic heterocycles. The Labute approximate surface area is 146 Å². The third-order valence-corrected chi connectivity index (χ3v) is 4.51. The van der Waals surface area contributed by atoms with Crippen LogP contribution in [0, 0.1) is 5.41 Å². The molecule has 2 aromatic rings. The fourth-order valence-corrected chi connectivity index (χ4v) is 3.01. The molecule has 4 N–H and O–H groups in total. The molecule has 1 aromatic heterocycles. The summed E-state index contributed by atoms with van der Waals surface area (Å²) in [5.41, 5.74) is 13.6. The van der Waals surface area contributed by atoms with E-state index in [0.717, 1.165) is 16.7 Å². The molecule has 1 atom stereocenters. The fourth-order valence-electron chi connectivity index (χ4n) is 3.01. The van der Waals surface area contributed by atoms with Gasteiger partial charge in [-0.15, -0.1) is 0 Å². The molecule has 5 nitrogen and oxygen atoms in total. The molecule has 1 unspecified atom stereocenters. The van der Waals surface area contributed by atoms with Crippen LogP contribution >= 0.6 is 0 Å². The van der Waals surface area contributed by atoms with E-state index in [4.69, 9.17) is 11.5 Å². The van der Waals surface area contributed by atoms with Crippen LogP contribution < -0.4 is 11.5 Å². The van der Waals surface area contributed by atoms with E-state index >= 15 is 0 Å². The maximum atomic E-state index is 12.1. The molecule has 3 rings (SSSR count). The van der Waals surface area contributed by atoms with Crippen molar-refractivity contribution in [3.63, 3.8) is 0 Å². The summed E-state index contributed by atoms with van der Waals surface area (Å²) in [6.07, 6.45) is 10.1. The van der Waals surface area contributed by atoms with Gasteiger partial charge in [0, 0.05) is 18.0 Å². The van der Waals surface area contributed by atoms with Crippen LogP contribution in [-0.4, -0.2) is 16.8 Å². The van der Waals surface area contributed by atoms with Gasteiger partial charge in [-0.3, -0.25) is 14.6 Å². The monoisotopic (exact) mass is 333 g/mol. The highest BCUT2D eigenvalue weighted by Gasteiger charge is 2.35. The van der Waals surface area contributed by atoms with Crippen molar-refractivity contribution >= 4 is 17.4 Å². The molecular weight excluding hydrogens is 314 g/mol. The van der Waals surface area contributed by atoms with Crippen LogP contribution in [0.25, 0.3) is 5.57 Å². The second-order valence-electron chi connectivity index (χ2n) is 6.19. The minimum Gasteiger partial charge on any atom is -0.369 e. The summed E-state index contributed by atoms with van der Waals surface area (Å²) < 4.78 is 0. The summed E-state index contributed by atoms with van der Waals surface area (Å²) in [7, 11) is 0. The molecule has 126 valence electrons. The number of benzene rings is 1. The molecule has 0 spiro atoms. The number of amides is 2. The third kappa shape index (κ3) is 3.50. The van der Waals surface area contributed by atoms with Crippen molar-refractivity contribution in [3.8, 4) is 0 Å². The van der Waals surface area contributed by atoms with Crippen LogP contribution in [0.2, 0.25) is 0 Å². The average molecular weight is 333 g/mol. The molecule has 1 aromatic carbocycles. The number of hydrogen-bond donors (Lipinski definition) is 2. The van der Waals surface area contributed by atoms with E-state index in [9.17, 15) is 9.59 Å². The first-order valence-electron chi connectivity index (χ1n) is 7.99. The molecule has 0 saturated heterocycles. The van der Waals surface area contributed by atoms with E-state index in [-0.39, 0.29) is 5.91 Å². The summed E-state index contributed by atoms with van der Waals surface area (Å²) in [6.45, 7) is 0. The Kier molecular flexibility index (Phi) is 4.48. The Bertz CT molecular complexity index is 872. The Morgan fingerprint density at radius 2 is 1.88 bits per heavy atom. The van der Waals surface area contributed by atoms with Gasteiger partial charge in [-0.25, -0.2) is 0 Å². The highest BCUT2D eigenvalue weighted by atomic mass is 16.1. The summed E-state index contributed by atoms with van der Waals surface area (Å²) in [5, 5.41) is 0. The molecule has 0 saturated carbocycles. The van der Waals surface area contributed by atoms with Gasteiger partial charge in [0.1, 0.15) is 0 Å². The molecule has 1 aliphatic rings. The highest BCUT2D eigenvalue weighted by molar-refractivity contribution is 5.94. The predicted molar refractivity (Wildman–Crippen MR) is 96.3 cm³/mol. The Hall–Kier alpha value is -3.21. The molecule has 1 aliphatic carbocycles. The Morgan fingerprint density at radius 3 is 2.48 bits per heavy atom. The van der Waals surface area contributed by atoms with Gasteiger partial charge in [0.15, 0.2) is 0 Å². The van der Waals surface area contributed by atoms with Gasteiger partial charge >= 0.3 is 0 Å². The van der Waals surface area contributed by atoms with Crippen molar-refractivity contribution in [2.24, 2.45) is 16.9 Å². The largest absolute Gasteiger partial charge is 0.369 e. The second kappa shape index (κ2) is 6.73. The van der Waals surface area contributed by atoms with Gasteiger partial charge in [0.2, 0.25) is 11.8 Å². The predicted octanol–water partition coefficient (Wildman–Crippen LogP) is 2.24. The van der Waals surface area contributed by atoms with Gasteiger partial charge in [-0.2, -0.15) is 0 Å².